The van der Waals surface area contributed by atoms with E-state index in [1.807, 2.05) is 28.7 Å². The molecule has 3 aromatic rings. The highest BCUT2D eigenvalue weighted by molar-refractivity contribution is 14.1. The van der Waals surface area contributed by atoms with E-state index < -0.39 is 11.9 Å². The molecule has 0 unspecified atom stereocenters. The van der Waals surface area contributed by atoms with Gasteiger partial charge in [-0.15, -0.1) is 0 Å². The zero-order valence-corrected chi connectivity index (χ0v) is 17.8. The van der Waals surface area contributed by atoms with Gasteiger partial charge < -0.3 is 20.3 Å². The average molecular weight is 524 g/mol. The molecule has 2 aliphatic heterocycles. The van der Waals surface area contributed by atoms with E-state index in [1.165, 1.54) is 17.4 Å². The van der Waals surface area contributed by atoms with Crippen molar-refractivity contribution >= 4 is 66.8 Å². The number of hydrogen-bond donors (Lipinski definition) is 2. The number of halogens is 2. The van der Waals surface area contributed by atoms with E-state index in [1.54, 1.807) is 29.3 Å². The summed E-state index contributed by atoms with van der Waals surface area (Å²) in [6.07, 6.45) is 0.861. The predicted molar refractivity (Wildman–Crippen MR) is 115 cm³/mol. The second-order valence-corrected chi connectivity index (χ2v) is 9.06. The van der Waals surface area contributed by atoms with Crippen LogP contribution in [0, 0.1) is 9.39 Å². The van der Waals surface area contributed by atoms with Crippen molar-refractivity contribution in [3.05, 3.63) is 51.5 Å². The number of pyridine rings is 1. The van der Waals surface area contributed by atoms with Gasteiger partial charge in [0.25, 0.3) is 5.91 Å². The highest BCUT2D eigenvalue weighted by atomic mass is 127. The number of anilines is 2. The van der Waals surface area contributed by atoms with Crippen LogP contribution in [-0.2, 0) is 4.74 Å². The minimum atomic E-state index is -0.450. The number of rotatable bonds is 3. The van der Waals surface area contributed by atoms with Crippen LogP contribution in [0.3, 0.4) is 0 Å². The summed E-state index contributed by atoms with van der Waals surface area (Å²) >= 11 is 3.35. The summed E-state index contributed by atoms with van der Waals surface area (Å²) in [6, 6.07) is 8.25. The van der Waals surface area contributed by atoms with E-state index in [-0.39, 0.29) is 18.1 Å². The number of hydrogen-bond acceptors (Lipinski definition) is 6. The molecule has 4 heterocycles. The van der Waals surface area contributed by atoms with Gasteiger partial charge in [0.2, 0.25) is 0 Å². The first kappa shape index (κ1) is 18.6. The molecular formula is C19H14FIN4O3S. The van der Waals surface area contributed by atoms with Gasteiger partial charge in [-0.2, -0.15) is 0 Å². The van der Waals surface area contributed by atoms with Crippen LogP contribution in [0.1, 0.15) is 10.4 Å². The molecule has 5 rings (SSSR count). The number of alkyl carbamates (subject to hydrolysis) is 1. The van der Waals surface area contributed by atoms with Gasteiger partial charge >= 0.3 is 6.09 Å². The van der Waals surface area contributed by atoms with Gasteiger partial charge in [-0.05, 0) is 52.9 Å². The standard InChI is InChI=1S/C19H14FIN4O3S/c20-11-6-9(21)3-4-12(11)23-17-15(10-2-1-5-22-16(10)29-17)18(26)25-7-13-14(8-25)28-19(27)24-13/h1-6,13-14,23H,7-8H2,(H,24,27)/t13-,14+/m1/s1. The Kier molecular flexibility index (Phi) is 4.54. The average Bonchev–Trinajstić information content (AvgIpc) is 3.33. The number of ether oxygens (including phenoxy) is 1. The maximum absolute atomic E-state index is 14.4. The Morgan fingerprint density at radius 2 is 2.24 bits per heavy atom. The molecule has 2 saturated heterocycles. The number of benzene rings is 1. The van der Waals surface area contributed by atoms with Crippen LogP contribution in [0.25, 0.3) is 10.2 Å². The highest BCUT2D eigenvalue weighted by Gasteiger charge is 2.44. The summed E-state index contributed by atoms with van der Waals surface area (Å²) in [5.41, 5.74) is 0.738. The van der Waals surface area contributed by atoms with Crippen molar-refractivity contribution in [1.29, 1.82) is 0 Å². The Bertz CT molecular complexity index is 1140. The molecule has 29 heavy (non-hydrogen) atoms. The van der Waals surface area contributed by atoms with Crippen molar-refractivity contribution in [1.82, 2.24) is 15.2 Å². The van der Waals surface area contributed by atoms with Crippen molar-refractivity contribution in [2.24, 2.45) is 0 Å². The third-order valence-corrected chi connectivity index (χ3v) is 6.67. The van der Waals surface area contributed by atoms with Crippen molar-refractivity contribution in [3.8, 4) is 0 Å². The monoisotopic (exact) mass is 524 g/mol. The SMILES string of the molecule is O=C1N[C@@H]2CN(C(=O)c3c(Nc4ccc(I)cc4F)sc4ncccc34)C[C@@H]2O1. The molecule has 2 amide bonds. The number of carbonyl (C=O) groups excluding carboxylic acids is 2. The third kappa shape index (κ3) is 3.29. The molecule has 2 aromatic heterocycles. The van der Waals surface area contributed by atoms with E-state index in [9.17, 15) is 14.0 Å². The number of nitrogens with one attached hydrogen (secondary N) is 2. The van der Waals surface area contributed by atoms with Crippen LogP contribution in [0.2, 0.25) is 0 Å². The highest BCUT2D eigenvalue weighted by Crippen LogP contribution is 2.38. The number of aromatic nitrogens is 1. The molecule has 7 nitrogen and oxygen atoms in total. The van der Waals surface area contributed by atoms with Crippen LogP contribution in [0.4, 0.5) is 19.9 Å². The van der Waals surface area contributed by atoms with E-state index in [0.717, 1.165) is 3.57 Å². The summed E-state index contributed by atoms with van der Waals surface area (Å²) in [6.45, 7) is 0.682. The second kappa shape index (κ2) is 7.10. The lowest BCUT2D eigenvalue weighted by molar-refractivity contribution is 0.0749. The van der Waals surface area contributed by atoms with Crippen LogP contribution in [0.5, 0.6) is 0 Å². The molecule has 0 bridgehead atoms. The van der Waals surface area contributed by atoms with Gasteiger partial charge in [-0.1, -0.05) is 11.3 Å². The van der Waals surface area contributed by atoms with E-state index in [4.69, 9.17) is 4.74 Å². The van der Waals surface area contributed by atoms with Crippen molar-refractivity contribution in [3.63, 3.8) is 0 Å². The first-order chi connectivity index (χ1) is 14.0. The summed E-state index contributed by atoms with van der Waals surface area (Å²) in [5, 5.41) is 7.03. The largest absolute Gasteiger partial charge is 0.442 e. The molecule has 2 aliphatic rings. The van der Waals surface area contributed by atoms with E-state index >= 15 is 0 Å². The minimum Gasteiger partial charge on any atom is -0.442 e. The maximum Gasteiger partial charge on any atom is 0.407 e. The molecule has 1 aromatic carbocycles. The van der Waals surface area contributed by atoms with Crippen LogP contribution in [0.15, 0.2) is 36.5 Å². The van der Waals surface area contributed by atoms with Crippen molar-refractivity contribution < 1.29 is 18.7 Å². The van der Waals surface area contributed by atoms with Gasteiger partial charge in [0.05, 0.1) is 23.8 Å². The number of thiophene rings is 1. The predicted octanol–water partition coefficient (Wildman–Crippen LogP) is 3.72. The number of fused-ring (bicyclic) bond motifs is 2. The number of nitrogens with zero attached hydrogens (tertiary/aromatic N) is 2. The summed E-state index contributed by atoms with van der Waals surface area (Å²) in [7, 11) is 0. The molecule has 148 valence electrons. The number of amides is 2. The fraction of sp³-hybridized carbons (Fsp3) is 0.211. The summed E-state index contributed by atoms with van der Waals surface area (Å²) in [5.74, 6) is -0.600. The lowest BCUT2D eigenvalue weighted by Gasteiger charge is -2.18. The van der Waals surface area contributed by atoms with Crippen LogP contribution in [-0.4, -0.2) is 47.1 Å². The first-order valence-electron chi connectivity index (χ1n) is 8.85. The Balaban J connectivity index is 1.51. The first-order valence-corrected chi connectivity index (χ1v) is 10.7. The van der Waals surface area contributed by atoms with Crippen molar-refractivity contribution in [2.75, 3.05) is 18.4 Å². The molecule has 0 aliphatic carbocycles. The normalized spacial score (nSPS) is 20.5. The zero-order valence-electron chi connectivity index (χ0n) is 14.8. The molecule has 0 spiro atoms. The molecule has 0 saturated carbocycles. The molecule has 0 radical (unpaired) electrons. The Labute approximate surface area is 182 Å². The third-order valence-electron chi connectivity index (χ3n) is 4.97. The minimum absolute atomic E-state index is 0.204. The fourth-order valence-corrected chi connectivity index (χ4v) is 5.13. The lowest BCUT2D eigenvalue weighted by Crippen LogP contribution is -2.35. The topological polar surface area (TPSA) is 83.6 Å². The molecule has 10 heteroatoms. The summed E-state index contributed by atoms with van der Waals surface area (Å²) in [4.78, 5) is 31.4. The van der Waals surface area contributed by atoms with Crippen LogP contribution >= 0.6 is 33.9 Å². The quantitative estimate of drug-likeness (QED) is 0.511. The molecule has 2 atom stereocenters. The van der Waals surface area contributed by atoms with E-state index in [0.29, 0.717) is 39.6 Å². The number of carbonyl (C=O) groups is 2. The van der Waals surface area contributed by atoms with Crippen LogP contribution < -0.4 is 10.6 Å². The molecule has 2 fully saturated rings. The Hall–Kier alpha value is -2.47. The fourth-order valence-electron chi connectivity index (χ4n) is 3.62. The smallest absolute Gasteiger partial charge is 0.407 e. The maximum atomic E-state index is 14.4. The second-order valence-electron chi connectivity index (χ2n) is 6.82. The Morgan fingerprint density at radius 1 is 1.38 bits per heavy atom. The zero-order chi connectivity index (χ0) is 20.1. The van der Waals surface area contributed by atoms with Crippen molar-refractivity contribution in [2.45, 2.75) is 12.1 Å². The van der Waals surface area contributed by atoms with Gasteiger partial charge in [-0.25, -0.2) is 14.2 Å². The summed E-state index contributed by atoms with van der Waals surface area (Å²) < 4.78 is 20.4. The van der Waals surface area contributed by atoms with E-state index in [2.05, 4.69) is 15.6 Å². The van der Waals surface area contributed by atoms with Gasteiger partial charge in [0.15, 0.2) is 0 Å². The van der Waals surface area contributed by atoms with Gasteiger partial charge in [0.1, 0.15) is 21.8 Å². The molecule has 2 N–H and O–H groups in total. The molecular weight excluding hydrogens is 510 g/mol. The Morgan fingerprint density at radius 3 is 3.03 bits per heavy atom. The lowest BCUT2D eigenvalue weighted by atomic mass is 10.1. The van der Waals surface area contributed by atoms with Gasteiger partial charge in [-0.3, -0.25) is 4.79 Å². The number of likely N-dealkylation sites (tertiary alicyclic amines) is 1. The van der Waals surface area contributed by atoms with Gasteiger partial charge in [0, 0.05) is 21.7 Å².